The van der Waals surface area contributed by atoms with E-state index in [-0.39, 0.29) is 0 Å². The van der Waals surface area contributed by atoms with E-state index in [0.29, 0.717) is 0 Å². The van der Waals surface area contributed by atoms with Crippen LogP contribution in [0.3, 0.4) is 0 Å². The lowest BCUT2D eigenvalue weighted by atomic mass is 9.84. The monoisotopic (exact) mass is 241 g/mol. The van der Waals surface area contributed by atoms with E-state index in [1.54, 1.807) is 11.1 Å². The number of fused-ring (bicyclic) bond motifs is 5. The highest BCUT2D eigenvalue weighted by Gasteiger charge is 2.34. The zero-order valence-electron chi connectivity index (χ0n) is 11.1. The highest BCUT2D eigenvalue weighted by atomic mass is 15.2. The Kier molecular flexibility index (Phi) is 2.69. The Hall–Kier alpha value is -0.820. The molecule has 1 aromatic carbocycles. The normalized spacial score (nSPS) is 32.4. The zero-order valence-corrected chi connectivity index (χ0v) is 11.1. The molecule has 0 amide bonds. The molecule has 3 fully saturated rings. The first kappa shape index (κ1) is 11.0. The molecule has 1 aromatic rings. The van der Waals surface area contributed by atoms with Gasteiger partial charge in [0.25, 0.3) is 0 Å². The minimum atomic E-state index is 0.809. The average molecular weight is 241 g/mol. The molecule has 18 heavy (non-hydrogen) atoms. The molecule has 2 aliphatic carbocycles. The van der Waals surface area contributed by atoms with E-state index in [4.69, 9.17) is 0 Å². The molecule has 5 rings (SSSR count). The summed E-state index contributed by atoms with van der Waals surface area (Å²) in [6, 6.07) is 9.88. The molecule has 0 unspecified atom stereocenters. The Morgan fingerprint density at radius 2 is 1.28 bits per heavy atom. The summed E-state index contributed by atoms with van der Waals surface area (Å²) in [6.07, 6.45) is 8.61. The second kappa shape index (κ2) is 4.38. The van der Waals surface area contributed by atoms with Crippen molar-refractivity contribution in [1.29, 1.82) is 0 Å². The quantitative estimate of drug-likeness (QED) is 0.729. The van der Waals surface area contributed by atoms with Gasteiger partial charge in [0.1, 0.15) is 0 Å². The number of hydrogen-bond donors (Lipinski definition) is 0. The van der Waals surface area contributed by atoms with E-state index >= 15 is 0 Å². The van der Waals surface area contributed by atoms with Gasteiger partial charge in [-0.05, 0) is 61.5 Å². The molecule has 0 atom stereocenters. The largest absolute Gasteiger partial charge is 0.299 e. The van der Waals surface area contributed by atoms with Gasteiger partial charge >= 0.3 is 0 Å². The topological polar surface area (TPSA) is 3.24 Å². The zero-order chi connectivity index (χ0) is 11.9. The molecule has 2 saturated heterocycles. The first-order chi connectivity index (χ1) is 8.88. The van der Waals surface area contributed by atoms with Gasteiger partial charge in [0.05, 0.1) is 0 Å². The molecule has 4 aliphatic rings. The van der Waals surface area contributed by atoms with Crippen LogP contribution in [0.2, 0.25) is 0 Å². The van der Waals surface area contributed by atoms with Crippen molar-refractivity contribution in [2.45, 2.75) is 44.6 Å². The van der Waals surface area contributed by atoms with Crippen LogP contribution in [0, 0.1) is 11.8 Å². The SMILES string of the molecule is c1ccc2c(c1)CC(N1CC3CCC(CC3)C1)C2. The molecular formula is C17H23N. The lowest BCUT2D eigenvalue weighted by molar-refractivity contribution is 0.185. The molecule has 0 N–H and O–H groups in total. The van der Waals surface area contributed by atoms with Crippen molar-refractivity contribution < 1.29 is 0 Å². The lowest BCUT2D eigenvalue weighted by Gasteiger charge is -2.29. The smallest absolute Gasteiger partial charge is 0.0176 e. The van der Waals surface area contributed by atoms with Crippen LogP contribution < -0.4 is 0 Å². The van der Waals surface area contributed by atoms with E-state index in [2.05, 4.69) is 29.2 Å². The van der Waals surface area contributed by atoms with Gasteiger partial charge in [0, 0.05) is 19.1 Å². The molecule has 1 nitrogen and oxygen atoms in total. The maximum atomic E-state index is 2.84. The lowest BCUT2D eigenvalue weighted by Crippen LogP contribution is -2.39. The minimum Gasteiger partial charge on any atom is -0.299 e. The maximum Gasteiger partial charge on any atom is 0.0176 e. The molecule has 2 bridgehead atoms. The molecule has 96 valence electrons. The van der Waals surface area contributed by atoms with Crippen molar-refractivity contribution in [3.8, 4) is 0 Å². The third-order valence-corrected chi connectivity index (χ3v) is 5.50. The maximum absolute atomic E-state index is 2.84. The van der Waals surface area contributed by atoms with Crippen molar-refractivity contribution >= 4 is 0 Å². The van der Waals surface area contributed by atoms with Gasteiger partial charge in [-0.15, -0.1) is 0 Å². The van der Waals surface area contributed by atoms with E-state index in [0.717, 1.165) is 17.9 Å². The highest BCUT2D eigenvalue weighted by Crippen LogP contribution is 2.36. The number of benzene rings is 1. The molecule has 1 saturated carbocycles. The molecular weight excluding hydrogens is 218 g/mol. The summed E-state index contributed by atoms with van der Waals surface area (Å²) >= 11 is 0. The molecule has 1 heteroatoms. The Balaban J connectivity index is 1.52. The molecule has 2 heterocycles. The third kappa shape index (κ3) is 1.89. The first-order valence-electron chi connectivity index (χ1n) is 7.69. The summed E-state index contributed by atoms with van der Waals surface area (Å²) in [6.45, 7) is 2.77. The van der Waals surface area contributed by atoms with Crippen molar-refractivity contribution in [3.63, 3.8) is 0 Å². The van der Waals surface area contributed by atoms with E-state index < -0.39 is 0 Å². The Morgan fingerprint density at radius 3 is 1.78 bits per heavy atom. The summed E-state index contributed by atoms with van der Waals surface area (Å²) in [4.78, 5) is 2.84. The number of rotatable bonds is 1. The van der Waals surface area contributed by atoms with Crippen LogP contribution in [0.1, 0.15) is 36.8 Å². The molecule has 0 radical (unpaired) electrons. The van der Waals surface area contributed by atoms with Crippen molar-refractivity contribution in [1.82, 2.24) is 4.90 Å². The van der Waals surface area contributed by atoms with Crippen LogP contribution in [0.5, 0.6) is 0 Å². The predicted molar refractivity (Wildman–Crippen MR) is 74.7 cm³/mol. The van der Waals surface area contributed by atoms with Crippen LogP contribution in [-0.4, -0.2) is 24.0 Å². The van der Waals surface area contributed by atoms with Crippen molar-refractivity contribution in [2.75, 3.05) is 13.1 Å². The van der Waals surface area contributed by atoms with E-state index in [9.17, 15) is 0 Å². The predicted octanol–water partition coefficient (Wildman–Crippen LogP) is 3.28. The van der Waals surface area contributed by atoms with Crippen LogP contribution in [0.25, 0.3) is 0 Å². The van der Waals surface area contributed by atoms with Gasteiger partial charge < -0.3 is 0 Å². The van der Waals surface area contributed by atoms with Crippen molar-refractivity contribution in [2.24, 2.45) is 11.8 Å². The average Bonchev–Trinajstić information content (AvgIpc) is 2.60. The highest BCUT2D eigenvalue weighted by molar-refractivity contribution is 5.33. The fourth-order valence-electron chi connectivity index (χ4n) is 4.43. The summed E-state index contributed by atoms with van der Waals surface area (Å²) in [5, 5.41) is 0. The second-order valence-electron chi connectivity index (χ2n) is 6.67. The van der Waals surface area contributed by atoms with E-state index in [1.165, 1.54) is 51.6 Å². The Morgan fingerprint density at radius 1 is 0.778 bits per heavy atom. The van der Waals surface area contributed by atoms with Gasteiger partial charge in [-0.2, -0.15) is 0 Å². The van der Waals surface area contributed by atoms with Crippen LogP contribution in [0.4, 0.5) is 0 Å². The third-order valence-electron chi connectivity index (χ3n) is 5.50. The van der Waals surface area contributed by atoms with Crippen molar-refractivity contribution in [3.05, 3.63) is 35.4 Å². The number of hydrogen-bond acceptors (Lipinski definition) is 1. The summed E-state index contributed by atoms with van der Waals surface area (Å²) in [5.74, 6) is 2.01. The van der Waals surface area contributed by atoms with Gasteiger partial charge in [0.2, 0.25) is 0 Å². The fraction of sp³-hybridized carbons (Fsp3) is 0.647. The Labute approximate surface area is 110 Å². The first-order valence-corrected chi connectivity index (χ1v) is 7.69. The molecule has 2 aliphatic heterocycles. The van der Waals surface area contributed by atoms with E-state index in [1.807, 2.05) is 0 Å². The summed E-state index contributed by atoms with van der Waals surface area (Å²) < 4.78 is 0. The van der Waals surface area contributed by atoms with Gasteiger partial charge in [-0.3, -0.25) is 4.90 Å². The fourth-order valence-corrected chi connectivity index (χ4v) is 4.43. The van der Waals surface area contributed by atoms with Crippen LogP contribution in [0.15, 0.2) is 24.3 Å². The van der Waals surface area contributed by atoms with Gasteiger partial charge in [-0.25, -0.2) is 0 Å². The summed E-state index contributed by atoms with van der Waals surface area (Å²) in [5.41, 5.74) is 3.22. The standard InChI is InChI=1S/C17H23N/c1-2-4-16-10-17(9-15(16)3-1)18-11-13-5-6-14(12-18)8-7-13/h1-4,13-14,17H,5-12H2. The van der Waals surface area contributed by atoms with Crippen LogP contribution >= 0.6 is 0 Å². The van der Waals surface area contributed by atoms with Crippen LogP contribution in [-0.2, 0) is 12.8 Å². The second-order valence-corrected chi connectivity index (χ2v) is 6.67. The number of nitrogens with zero attached hydrogens (tertiary/aromatic N) is 1. The molecule has 0 aromatic heterocycles. The summed E-state index contributed by atoms with van der Waals surface area (Å²) in [7, 11) is 0. The van der Waals surface area contributed by atoms with Gasteiger partial charge in [-0.1, -0.05) is 24.3 Å². The molecule has 0 spiro atoms. The minimum absolute atomic E-state index is 0.809. The Bertz CT molecular complexity index is 392. The van der Waals surface area contributed by atoms with Gasteiger partial charge in [0.15, 0.2) is 0 Å².